The van der Waals surface area contributed by atoms with Crippen molar-refractivity contribution in [3.63, 3.8) is 0 Å². The quantitative estimate of drug-likeness (QED) is 0.636. The van der Waals surface area contributed by atoms with Crippen molar-refractivity contribution < 1.29 is 14.4 Å². The fourth-order valence-corrected chi connectivity index (χ4v) is 3.35. The number of nitrogens with one attached hydrogen (secondary N) is 2. The molecule has 0 fully saturated rings. The summed E-state index contributed by atoms with van der Waals surface area (Å²) in [6, 6.07) is 18.0. The molecule has 32 heavy (non-hydrogen) atoms. The molecule has 0 spiro atoms. The monoisotopic (exact) mass is 430 g/mol. The summed E-state index contributed by atoms with van der Waals surface area (Å²) >= 11 is 0. The number of amidine groups is 1. The highest BCUT2D eigenvalue weighted by Crippen LogP contribution is 2.15. The number of aromatic nitrogens is 1. The number of hydroxylamine groups is 1. The Kier molecular flexibility index (Phi) is 5.76. The second-order valence-electron chi connectivity index (χ2n) is 7.19. The van der Waals surface area contributed by atoms with E-state index in [9.17, 15) is 9.59 Å². The van der Waals surface area contributed by atoms with Gasteiger partial charge in [0.25, 0.3) is 11.4 Å². The number of benzene rings is 2. The number of pyridine rings is 1. The minimum atomic E-state index is -0.408. The molecule has 8 nitrogen and oxygen atoms in total. The Morgan fingerprint density at radius 3 is 2.59 bits per heavy atom. The largest absolute Gasteiger partial charge is 0.497 e. The summed E-state index contributed by atoms with van der Waals surface area (Å²) in [5, 5.41) is 3.44. The van der Waals surface area contributed by atoms with Gasteiger partial charge in [-0.1, -0.05) is 24.8 Å². The Bertz CT molecular complexity index is 1360. The van der Waals surface area contributed by atoms with Crippen LogP contribution in [0.5, 0.6) is 5.75 Å². The third-order valence-corrected chi connectivity index (χ3v) is 4.98. The van der Waals surface area contributed by atoms with E-state index in [1.165, 1.54) is 4.57 Å². The molecule has 3 aromatic rings. The normalized spacial score (nSPS) is 14.2. The first kappa shape index (κ1) is 20.9. The first-order valence-electron chi connectivity index (χ1n) is 9.91. The number of rotatable bonds is 5. The van der Waals surface area contributed by atoms with Crippen LogP contribution in [0.2, 0.25) is 0 Å². The molecule has 8 heteroatoms. The molecule has 2 N–H and O–H groups in total. The molecule has 162 valence electrons. The van der Waals surface area contributed by atoms with Gasteiger partial charge in [-0.3, -0.25) is 9.59 Å². The van der Waals surface area contributed by atoms with Crippen LogP contribution in [0, 0.1) is 6.92 Å². The van der Waals surface area contributed by atoms with Crippen LogP contribution in [0.25, 0.3) is 12.5 Å². The van der Waals surface area contributed by atoms with Crippen molar-refractivity contribution in [2.45, 2.75) is 13.5 Å². The molecule has 0 bridgehead atoms. The number of methoxy groups -OCH3 is 1. The number of para-hydroxylation sites is 1. The van der Waals surface area contributed by atoms with E-state index in [1.54, 1.807) is 44.4 Å². The molecule has 1 aliphatic rings. The maximum absolute atomic E-state index is 13.2. The van der Waals surface area contributed by atoms with E-state index in [-0.39, 0.29) is 23.6 Å². The summed E-state index contributed by atoms with van der Waals surface area (Å²) in [5.41, 5.74) is 4.36. The predicted molar refractivity (Wildman–Crippen MR) is 122 cm³/mol. The van der Waals surface area contributed by atoms with Crippen LogP contribution in [0.1, 0.15) is 11.3 Å². The van der Waals surface area contributed by atoms with Gasteiger partial charge >= 0.3 is 0 Å². The fourth-order valence-electron chi connectivity index (χ4n) is 3.35. The smallest absolute Gasteiger partial charge is 0.264 e. The van der Waals surface area contributed by atoms with Crippen LogP contribution in [-0.4, -0.2) is 23.4 Å². The third-order valence-electron chi connectivity index (χ3n) is 4.98. The minimum Gasteiger partial charge on any atom is -0.497 e. The van der Waals surface area contributed by atoms with E-state index in [0.29, 0.717) is 28.2 Å². The van der Waals surface area contributed by atoms with Gasteiger partial charge in [0.15, 0.2) is 5.84 Å². The summed E-state index contributed by atoms with van der Waals surface area (Å²) in [6.45, 7) is 5.57. The zero-order valence-corrected chi connectivity index (χ0v) is 17.7. The Morgan fingerprint density at radius 1 is 1.19 bits per heavy atom. The molecule has 0 aliphatic carbocycles. The highest BCUT2D eigenvalue weighted by Gasteiger charge is 2.18. The number of ether oxygens (including phenoxy) is 1. The number of hydrogen-bond donors (Lipinski definition) is 2. The lowest BCUT2D eigenvalue weighted by molar-refractivity contribution is -0.116. The van der Waals surface area contributed by atoms with E-state index in [4.69, 9.17) is 9.57 Å². The van der Waals surface area contributed by atoms with Crippen molar-refractivity contribution in [2.75, 3.05) is 12.4 Å². The van der Waals surface area contributed by atoms with Gasteiger partial charge in [-0.25, -0.2) is 5.48 Å². The zero-order valence-electron chi connectivity index (χ0n) is 17.7. The van der Waals surface area contributed by atoms with Crippen molar-refractivity contribution in [3.05, 3.63) is 92.7 Å². The minimum absolute atomic E-state index is 0.100. The SMILES string of the molecule is C=c1cc(C)n(CC(=O)Nc2ccccc2)c(=O)c1=C1N=C(c2ccc(OC)cc2)NO1. The average molecular weight is 430 g/mol. The molecule has 0 saturated heterocycles. The molecule has 1 aliphatic heterocycles. The standard InChI is InChI=1S/C24H22N4O4/c1-15-13-16(2)28(14-20(29)25-18-7-5-4-6-8-18)24(30)21(15)23-26-22(27-32-23)17-9-11-19(31-3)12-10-17/h4-13H,1,14H2,2-3H3,(H,25,29)(H,26,27). The summed E-state index contributed by atoms with van der Waals surface area (Å²) in [7, 11) is 1.59. The number of aryl methyl sites for hydroxylation is 1. The second kappa shape index (κ2) is 8.81. The number of carbonyl (C=O) groups is 1. The van der Waals surface area contributed by atoms with Crippen molar-refractivity contribution in [2.24, 2.45) is 4.99 Å². The summed E-state index contributed by atoms with van der Waals surface area (Å²) in [6.07, 6.45) is 0. The molecule has 2 heterocycles. The van der Waals surface area contributed by atoms with E-state index in [0.717, 1.165) is 5.56 Å². The number of aliphatic imine (C=N–C) groups is 1. The van der Waals surface area contributed by atoms with Crippen LogP contribution in [0.15, 0.2) is 70.5 Å². The van der Waals surface area contributed by atoms with Crippen LogP contribution < -0.4 is 31.5 Å². The molecule has 2 aromatic carbocycles. The Morgan fingerprint density at radius 2 is 1.91 bits per heavy atom. The fraction of sp³-hybridized carbons (Fsp3) is 0.125. The number of hydrogen-bond acceptors (Lipinski definition) is 6. The summed E-state index contributed by atoms with van der Waals surface area (Å²) in [5.74, 6) is 0.952. The second-order valence-corrected chi connectivity index (χ2v) is 7.19. The molecular formula is C24H22N4O4. The topological polar surface area (TPSA) is 94.0 Å². The van der Waals surface area contributed by atoms with Gasteiger partial charge in [0.05, 0.1) is 7.11 Å². The van der Waals surface area contributed by atoms with Crippen molar-refractivity contribution in [3.8, 4) is 5.75 Å². The lowest BCUT2D eigenvalue weighted by Crippen LogP contribution is -2.47. The Balaban J connectivity index is 1.69. The van der Waals surface area contributed by atoms with Crippen molar-refractivity contribution >= 4 is 29.9 Å². The van der Waals surface area contributed by atoms with Gasteiger partial charge < -0.3 is 19.5 Å². The van der Waals surface area contributed by atoms with Crippen molar-refractivity contribution in [1.82, 2.24) is 10.0 Å². The van der Waals surface area contributed by atoms with Gasteiger partial charge in [-0.2, -0.15) is 4.99 Å². The Labute approximate surface area is 184 Å². The maximum atomic E-state index is 13.2. The van der Waals surface area contributed by atoms with Crippen LogP contribution in [0.4, 0.5) is 5.69 Å². The molecule has 0 unspecified atom stereocenters. The molecule has 0 atom stereocenters. The molecule has 1 aromatic heterocycles. The Hall–Kier alpha value is -4.33. The van der Waals surface area contributed by atoms with Crippen molar-refractivity contribution in [1.29, 1.82) is 0 Å². The first-order chi connectivity index (χ1) is 15.5. The first-order valence-corrected chi connectivity index (χ1v) is 9.91. The van der Waals surface area contributed by atoms with E-state index < -0.39 is 5.56 Å². The summed E-state index contributed by atoms with van der Waals surface area (Å²) in [4.78, 5) is 35.7. The molecular weight excluding hydrogens is 408 g/mol. The number of amides is 1. The van der Waals surface area contributed by atoms with Crippen LogP contribution in [0.3, 0.4) is 0 Å². The average Bonchev–Trinajstić information content (AvgIpc) is 3.27. The van der Waals surface area contributed by atoms with E-state index in [1.807, 2.05) is 30.3 Å². The molecule has 0 radical (unpaired) electrons. The number of nitrogens with zero attached hydrogens (tertiary/aromatic N) is 2. The van der Waals surface area contributed by atoms with E-state index >= 15 is 0 Å². The molecule has 4 rings (SSSR count). The molecule has 1 amide bonds. The van der Waals surface area contributed by atoms with Crippen LogP contribution in [-0.2, 0) is 16.2 Å². The number of carbonyl (C=O) groups excluding carboxylic acids is 1. The lowest BCUT2D eigenvalue weighted by atomic mass is 10.2. The maximum Gasteiger partial charge on any atom is 0.264 e. The van der Waals surface area contributed by atoms with Gasteiger partial charge in [0.2, 0.25) is 5.91 Å². The third kappa shape index (κ3) is 4.24. The van der Waals surface area contributed by atoms with E-state index in [2.05, 4.69) is 22.4 Å². The zero-order chi connectivity index (χ0) is 22.7. The highest BCUT2D eigenvalue weighted by molar-refractivity contribution is 6.01. The highest BCUT2D eigenvalue weighted by atomic mass is 16.7. The lowest BCUT2D eigenvalue weighted by Gasteiger charge is -2.11. The predicted octanol–water partition coefficient (Wildman–Crippen LogP) is 1.26. The molecule has 0 saturated carbocycles. The number of anilines is 1. The van der Waals surface area contributed by atoms with Gasteiger partial charge in [-0.05, 0) is 54.6 Å². The van der Waals surface area contributed by atoms with Crippen LogP contribution >= 0.6 is 0 Å². The van der Waals surface area contributed by atoms with Gasteiger partial charge in [0, 0.05) is 16.9 Å². The van der Waals surface area contributed by atoms with Gasteiger partial charge in [0.1, 0.15) is 17.5 Å². The summed E-state index contributed by atoms with van der Waals surface area (Å²) < 4.78 is 6.54. The van der Waals surface area contributed by atoms with Gasteiger partial charge in [-0.15, -0.1) is 0 Å².